The van der Waals surface area contributed by atoms with Crippen LogP contribution in [0.3, 0.4) is 0 Å². The largest absolute Gasteiger partial charge is 0.418 e. The highest BCUT2D eigenvalue weighted by Gasteiger charge is 2.40. The van der Waals surface area contributed by atoms with Crippen LogP contribution in [0.25, 0.3) is 0 Å². The summed E-state index contributed by atoms with van der Waals surface area (Å²) in [5, 5.41) is 9.10. The second-order valence-electron chi connectivity index (χ2n) is 3.96. The number of hydrogen-bond donors (Lipinski definition) is 1. The molecule has 1 N–H and O–H groups in total. The Morgan fingerprint density at radius 3 is 2.65 bits per heavy atom. The van der Waals surface area contributed by atoms with Crippen LogP contribution in [-0.2, 0) is 11.2 Å². The third kappa shape index (κ3) is 2.00. The fourth-order valence-electron chi connectivity index (χ4n) is 1.85. The van der Waals surface area contributed by atoms with Crippen LogP contribution in [-0.4, -0.2) is 24.2 Å². The zero-order valence-electron chi connectivity index (χ0n) is 8.95. The highest BCUT2D eigenvalue weighted by atomic mass is 19.4. The molecular weight excluding hydrogens is 235 g/mol. The predicted molar refractivity (Wildman–Crippen MR) is 54.6 cm³/mol. The van der Waals surface area contributed by atoms with Crippen molar-refractivity contribution < 1.29 is 23.1 Å². The number of benzene rings is 1. The number of carbonyl (C=O) groups excluding carboxylic acids is 1. The van der Waals surface area contributed by atoms with Gasteiger partial charge in [-0.15, -0.1) is 0 Å². The molecule has 1 unspecified atom stereocenters. The number of anilines is 1. The highest BCUT2D eigenvalue weighted by molar-refractivity contribution is 6.00. The maximum Gasteiger partial charge on any atom is 0.418 e. The number of fused-ring (bicyclic) bond motifs is 1. The van der Waals surface area contributed by atoms with Crippen LogP contribution in [0.5, 0.6) is 0 Å². The number of likely N-dealkylation sites (N-methyl/N-ethyl adjacent to an activating group) is 1. The van der Waals surface area contributed by atoms with Gasteiger partial charge in [0.2, 0.25) is 5.91 Å². The van der Waals surface area contributed by atoms with Crippen molar-refractivity contribution >= 4 is 11.6 Å². The zero-order chi connectivity index (χ0) is 12.8. The minimum Gasteiger partial charge on any atom is -0.379 e. The van der Waals surface area contributed by atoms with Gasteiger partial charge in [0.25, 0.3) is 0 Å². The number of nitrogens with zero attached hydrogens (tertiary/aromatic N) is 1. The van der Waals surface area contributed by atoms with Crippen molar-refractivity contribution in [1.29, 1.82) is 0 Å². The molecule has 0 bridgehead atoms. The molecule has 0 radical (unpaired) electrons. The molecule has 1 amide bonds. The van der Waals surface area contributed by atoms with Gasteiger partial charge in [0, 0.05) is 12.7 Å². The Bertz CT molecular complexity index is 470. The third-order valence-corrected chi connectivity index (χ3v) is 2.81. The summed E-state index contributed by atoms with van der Waals surface area (Å²) >= 11 is 0. The fraction of sp³-hybridized carbons (Fsp3) is 0.364. The number of carbonyl (C=O) groups is 1. The lowest BCUT2D eigenvalue weighted by atomic mass is 10.0. The molecule has 1 heterocycles. The van der Waals surface area contributed by atoms with E-state index in [4.69, 9.17) is 5.11 Å². The summed E-state index contributed by atoms with van der Waals surface area (Å²) in [5.74, 6) is -0.168. The van der Waals surface area contributed by atoms with Gasteiger partial charge in [0.05, 0.1) is 6.42 Å². The molecule has 1 aromatic carbocycles. The second-order valence-corrected chi connectivity index (χ2v) is 3.96. The molecule has 92 valence electrons. The number of halogens is 3. The van der Waals surface area contributed by atoms with Crippen LogP contribution in [0.1, 0.15) is 17.2 Å². The molecule has 1 aliphatic rings. The average Bonchev–Trinajstić information content (AvgIpc) is 2.52. The van der Waals surface area contributed by atoms with Gasteiger partial charge in [0.15, 0.2) is 6.10 Å². The topological polar surface area (TPSA) is 40.5 Å². The first-order valence-electron chi connectivity index (χ1n) is 4.95. The van der Waals surface area contributed by atoms with E-state index in [1.807, 2.05) is 0 Å². The summed E-state index contributed by atoms with van der Waals surface area (Å²) in [6.45, 7) is 0. The minimum atomic E-state index is -4.69. The van der Waals surface area contributed by atoms with Crippen molar-refractivity contribution in [3.63, 3.8) is 0 Å². The third-order valence-electron chi connectivity index (χ3n) is 2.81. The SMILES string of the molecule is CN1C(=O)Cc2cc(C(O)C(F)(F)F)ccc21. The van der Waals surface area contributed by atoms with Gasteiger partial charge < -0.3 is 10.0 Å². The van der Waals surface area contributed by atoms with Gasteiger partial charge in [-0.1, -0.05) is 12.1 Å². The lowest BCUT2D eigenvalue weighted by Crippen LogP contribution is -2.21. The molecular formula is C11H10F3NO2. The number of amides is 1. The molecule has 0 fully saturated rings. The molecule has 0 spiro atoms. The summed E-state index contributed by atoms with van der Waals surface area (Å²) in [4.78, 5) is 12.7. The fourth-order valence-corrected chi connectivity index (χ4v) is 1.85. The van der Waals surface area contributed by atoms with E-state index in [1.54, 1.807) is 7.05 Å². The Hall–Kier alpha value is -1.56. The molecule has 2 rings (SSSR count). The molecule has 3 nitrogen and oxygen atoms in total. The summed E-state index contributed by atoms with van der Waals surface area (Å²) in [6.07, 6.45) is -7.12. The van der Waals surface area contributed by atoms with E-state index in [2.05, 4.69) is 0 Å². The number of aliphatic hydroxyl groups excluding tert-OH is 1. The Labute approximate surface area is 95.5 Å². The van der Waals surface area contributed by atoms with Crippen LogP contribution in [0.15, 0.2) is 18.2 Å². The first-order chi connectivity index (χ1) is 7.80. The van der Waals surface area contributed by atoms with Crippen LogP contribution < -0.4 is 4.90 Å². The molecule has 17 heavy (non-hydrogen) atoms. The summed E-state index contributed by atoms with van der Waals surface area (Å²) in [5.41, 5.74) is 0.866. The number of rotatable bonds is 1. The van der Waals surface area contributed by atoms with E-state index in [1.165, 1.54) is 23.1 Å². The molecule has 6 heteroatoms. The molecule has 1 atom stereocenters. The van der Waals surface area contributed by atoms with E-state index >= 15 is 0 Å². The van der Waals surface area contributed by atoms with Gasteiger partial charge in [-0.2, -0.15) is 13.2 Å². The maximum absolute atomic E-state index is 12.3. The summed E-state index contributed by atoms with van der Waals surface area (Å²) in [6, 6.07) is 3.84. The van der Waals surface area contributed by atoms with Crippen molar-refractivity contribution in [3.8, 4) is 0 Å². The van der Waals surface area contributed by atoms with E-state index in [0.29, 0.717) is 11.3 Å². The second kappa shape index (κ2) is 3.73. The Morgan fingerprint density at radius 2 is 2.06 bits per heavy atom. The molecule has 0 aliphatic carbocycles. The smallest absolute Gasteiger partial charge is 0.379 e. The molecule has 0 saturated carbocycles. The first kappa shape index (κ1) is 11.9. The van der Waals surface area contributed by atoms with Gasteiger partial charge in [-0.25, -0.2) is 0 Å². The van der Waals surface area contributed by atoms with Gasteiger partial charge >= 0.3 is 6.18 Å². The van der Waals surface area contributed by atoms with Crippen molar-refractivity contribution in [3.05, 3.63) is 29.3 Å². The maximum atomic E-state index is 12.3. The molecule has 1 aliphatic heterocycles. The van der Waals surface area contributed by atoms with Crippen LogP contribution in [0, 0.1) is 0 Å². The van der Waals surface area contributed by atoms with E-state index in [9.17, 15) is 18.0 Å². The summed E-state index contributed by atoms with van der Waals surface area (Å²) < 4.78 is 36.9. The molecule has 0 aromatic heterocycles. The number of hydrogen-bond acceptors (Lipinski definition) is 2. The number of alkyl halides is 3. The van der Waals surface area contributed by atoms with Crippen molar-refractivity contribution in [1.82, 2.24) is 0 Å². The standard InChI is InChI=1S/C11H10F3NO2/c1-15-8-3-2-6(10(17)11(12,13)14)4-7(8)5-9(15)16/h2-4,10,17H,5H2,1H3. The normalized spacial score (nSPS) is 17.2. The average molecular weight is 245 g/mol. The van der Waals surface area contributed by atoms with E-state index < -0.39 is 12.3 Å². The van der Waals surface area contributed by atoms with Gasteiger partial charge in [-0.3, -0.25) is 4.79 Å². The van der Waals surface area contributed by atoms with Crippen molar-refractivity contribution in [2.75, 3.05) is 11.9 Å². The Balaban J connectivity index is 2.37. The van der Waals surface area contributed by atoms with Crippen LogP contribution in [0.2, 0.25) is 0 Å². The van der Waals surface area contributed by atoms with Crippen molar-refractivity contribution in [2.24, 2.45) is 0 Å². The first-order valence-corrected chi connectivity index (χ1v) is 4.95. The van der Waals surface area contributed by atoms with Gasteiger partial charge in [0.1, 0.15) is 0 Å². The highest BCUT2D eigenvalue weighted by Crippen LogP contribution is 2.36. The molecule has 1 aromatic rings. The summed E-state index contributed by atoms with van der Waals surface area (Å²) in [7, 11) is 1.56. The van der Waals surface area contributed by atoms with E-state index in [-0.39, 0.29) is 17.9 Å². The van der Waals surface area contributed by atoms with E-state index in [0.717, 1.165) is 0 Å². The minimum absolute atomic E-state index is 0.0737. The zero-order valence-corrected chi connectivity index (χ0v) is 8.95. The lowest BCUT2D eigenvalue weighted by Gasteiger charge is -2.16. The van der Waals surface area contributed by atoms with Gasteiger partial charge in [-0.05, 0) is 17.2 Å². The van der Waals surface area contributed by atoms with Crippen LogP contribution >= 0.6 is 0 Å². The molecule has 0 saturated heterocycles. The lowest BCUT2D eigenvalue weighted by molar-refractivity contribution is -0.206. The Morgan fingerprint density at radius 1 is 1.41 bits per heavy atom. The van der Waals surface area contributed by atoms with Crippen LogP contribution in [0.4, 0.5) is 18.9 Å². The van der Waals surface area contributed by atoms with Crippen molar-refractivity contribution in [2.45, 2.75) is 18.7 Å². The quantitative estimate of drug-likeness (QED) is 0.819. The number of aliphatic hydroxyl groups is 1. The monoisotopic (exact) mass is 245 g/mol. The Kier molecular flexibility index (Phi) is 2.61. The predicted octanol–water partition coefficient (Wildman–Crippen LogP) is 1.80.